The molecular weight excluding hydrogens is 416 g/mol. The van der Waals surface area contributed by atoms with Crippen molar-refractivity contribution in [1.82, 2.24) is 9.03 Å². The minimum absolute atomic E-state index is 0.0481. The number of esters is 1. The topological polar surface area (TPSA) is 110 Å². The van der Waals surface area contributed by atoms with E-state index in [1.807, 2.05) is 0 Å². The molecule has 1 aliphatic heterocycles. The van der Waals surface area contributed by atoms with Gasteiger partial charge in [-0.05, 0) is 56.9 Å². The van der Waals surface area contributed by atoms with Crippen molar-refractivity contribution in [2.75, 3.05) is 19.7 Å². The predicted molar refractivity (Wildman–Crippen MR) is 107 cm³/mol. The van der Waals surface area contributed by atoms with Crippen LogP contribution in [0.4, 0.5) is 0 Å². The highest BCUT2D eigenvalue weighted by Gasteiger charge is 2.33. The van der Waals surface area contributed by atoms with Crippen LogP contribution in [0.15, 0.2) is 34.1 Å². The maximum absolute atomic E-state index is 12.9. The van der Waals surface area contributed by atoms with Gasteiger partial charge in [-0.25, -0.2) is 21.6 Å². The zero-order valence-corrected chi connectivity index (χ0v) is 18.2. The highest BCUT2D eigenvalue weighted by Crippen LogP contribution is 2.26. The lowest BCUT2D eigenvalue weighted by molar-refractivity contribution is -0.149. The Labute approximate surface area is 172 Å². The first-order valence-electron chi connectivity index (χ1n) is 10.0. The van der Waals surface area contributed by atoms with Crippen LogP contribution in [-0.2, 0) is 29.6 Å². The molecule has 0 bridgehead atoms. The van der Waals surface area contributed by atoms with Crippen LogP contribution in [0.5, 0.6) is 0 Å². The molecule has 0 radical (unpaired) electrons. The van der Waals surface area contributed by atoms with Crippen LogP contribution in [0.1, 0.15) is 45.4 Å². The van der Waals surface area contributed by atoms with E-state index in [-0.39, 0.29) is 40.8 Å². The van der Waals surface area contributed by atoms with Crippen molar-refractivity contribution < 1.29 is 26.4 Å². The van der Waals surface area contributed by atoms with E-state index in [9.17, 15) is 21.6 Å². The summed E-state index contributed by atoms with van der Waals surface area (Å²) in [6.07, 6.45) is 4.50. The molecule has 2 fully saturated rings. The number of piperidine rings is 1. The molecular formula is C19H28N2O6S2. The van der Waals surface area contributed by atoms with Gasteiger partial charge in [0.1, 0.15) is 0 Å². The molecule has 3 rings (SSSR count). The summed E-state index contributed by atoms with van der Waals surface area (Å²) >= 11 is 0. The molecule has 0 spiro atoms. The van der Waals surface area contributed by atoms with Crippen molar-refractivity contribution in [1.29, 1.82) is 0 Å². The molecule has 2 aliphatic rings. The number of carbonyl (C=O) groups is 1. The van der Waals surface area contributed by atoms with Crippen molar-refractivity contribution in [3.05, 3.63) is 24.3 Å². The Morgan fingerprint density at radius 3 is 2.10 bits per heavy atom. The van der Waals surface area contributed by atoms with Crippen molar-refractivity contribution in [3.63, 3.8) is 0 Å². The van der Waals surface area contributed by atoms with Gasteiger partial charge in [0.2, 0.25) is 20.0 Å². The highest BCUT2D eigenvalue weighted by atomic mass is 32.2. The molecule has 0 amide bonds. The van der Waals surface area contributed by atoms with Gasteiger partial charge >= 0.3 is 5.97 Å². The maximum Gasteiger partial charge on any atom is 0.309 e. The van der Waals surface area contributed by atoms with E-state index in [1.165, 1.54) is 28.6 Å². The standard InChI is InChI=1S/C19H28N2O6S2/c1-2-27-19(22)15-11-13-21(14-12-15)29(25,26)18-9-7-17(8-10-18)28(23,24)20-16-5-3-4-6-16/h7-10,15-16,20H,2-6,11-14H2,1H3. The van der Waals surface area contributed by atoms with Gasteiger partial charge in [0.05, 0.1) is 22.3 Å². The van der Waals surface area contributed by atoms with Gasteiger partial charge in [-0.15, -0.1) is 0 Å². The predicted octanol–water partition coefficient (Wildman–Crippen LogP) is 1.87. The third-order valence-corrected chi connectivity index (χ3v) is 8.97. The van der Waals surface area contributed by atoms with E-state index in [0.717, 1.165) is 25.7 Å². The summed E-state index contributed by atoms with van der Waals surface area (Å²) < 4.78 is 59.8. The number of carbonyl (C=O) groups excluding carboxylic acids is 1. The molecule has 1 aromatic rings. The second kappa shape index (κ2) is 9.11. The van der Waals surface area contributed by atoms with Crippen LogP contribution in [0.3, 0.4) is 0 Å². The van der Waals surface area contributed by atoms with Crippen molar-refractivity contribution >= 4 is 26.0 Å². The summed E-state index contributed by atoms with van der Waals surface area (Å²) in [5.41, 5.74) is 0. The molecule has 0 aromatic heterocycles. The van der Waals surface area contributed by atoms with Gasteiger partial charge in [0.25, 0.3) is 0 Å². The summed E-state index contributed by atoms with van der Waals surface area (Å²) in [6, 6.07) is 5.26. The van der Waals surface area contributed by atoms with E-state index in [2.05, 4.69) is 4.72 Å². The first-order chi connectivity index (χ1) is 13.7. The number of benzene rings is 1. The first-order valence-corrected chi connectivity index (χ1v) is 13.0. The SMILES string of the molecule is CCOC(=O)C1CCN(S(=O)(=O)c2ccc(S(=O)(=O)NC3CCCC3)cc2)CC1. The molecule has 1 saturated heterocycles. The zero-order chi connectivity index (χ0) is 21.1. The average molecular weight is 445 g/mol. The van der Waals surface area contributed by atoms with Crippen LogP contribution in [0.2, 0.25) is 0 Å². The summed E-state index contributed by atoms with van der Waals surface area (Å²) in [4.78, 5) is 11.9. The number of nitrogens with one attached hydrogen (secondary N) is 1. The van der Waals surface area contributed by atoms with Crippen LogP contribution >= 0.6 is 0 Å². The van der Waals surface area contributed by atoms with Crippen molar-refractivity contribution in [2.45, 2.75) is 61.3 Å². The number of sulfonamides is 2. The van der Waals surface area contributed by atoms with E-state index in [1.54, 1.807) is 6.92 Å². The largest absolute Gasteiger partial charge is 0.466 e. The first kappa shape index (κ1) is 22.2. The molecule has 8 nitrogen and oxygen atoms in total. The van der Waals surface area contributed by atoms with Gasteiger partial charge in [-0.2, -0.15) is 4.31 Å². The van der Waals surface area contributed by atoms with Gasteiger partial charge < -0.3 is 4.74 Å². The number of nitrogens with zero attached hydrogens (tertiary/aromatic N) is 1. The number of hydrogen-bond acceptors (Lipinski definition) is 6. The Bertz CT molecular complexity index is 914. The second-order valence-corrected chi connectivity index (χ2v) is 11.2. The summed E-state index contributed by atoms with van der Waals surface area (Å²) in [6.45, 7) is 2.51. The van der Waals surface area contributed by atoms with E-state index in [0.29, 0.717) is 19.4 Å². The fraction of sp³-hybridized carbons (Fsp3) is 0.632. The Balaban J connectivity index is 1.66. The Morgan fingerprint density at radius 2 is 1.55 bits per heavy atom. The lowest BCUT2D eigenvalue weighted by Gasteiger charge is -2.30. The fourth-order valence-electron chi connectivity index (χ4n) is 3.86. The van der Waals surface area contributed by atoms with Crippen LogP contribution < -0.4 is 4.72 Å². The zero-order valence-electron chi connectivity index (χ0n) is 16.5. The summed E-state index contributed by atoms with van der Waals surface area (Å²) in [5.74, 6) is -0.565. The summed E-state index contributed by atoms with van der Waals surface area (Å²) in [7, 11) is -7.41. The molecule has 1 aliphatic carbocycles. The third-order valence-electron chi connectivity index (χ3n) is 5.52. The van der Waals surface area contributed by atoms with Crippen molar-refractivity contribution in [2.24, 2.45) is 5.92 Å². The molecule has 29 heavy (non-hydrogen) atoms. The summed E-state index contributed by atoms with van der Waals surface area (Å²) in [5, 5.41) is 0. The Hall–Kier alpha value is -1.49. The molecule has 0 unspecified atom stereocenters. The maximum atomic E-state index is 12.9. The van der Waals surface area contributed by atoms with Gasteiger partial charge in [-0.3, -0.25) is 4.79 Å². The molecule has 10 heteroatoms. The molecule has 1 saturated carbocycles. The normalized spacial score (nSPS) is 20.0. The molecule has 162 valence electrons. The van der Waals surface area contributed by atoms with Crippen LogP contribution in [-0.4, -0.2) is 52.8 Å². The minimum atomic E-state index is -3.74. The Kier molecular flexibility index (Phi) is 6.98. The average Bonchev–Trinajstić information content (AvgIpc) is 3.20. The van der Waals surface area contributed by atoms with Gasteiger partial charge in [-0.1, -0.05) is 12.8 Å². The highest BCUT2D eigenvalue weighted by molar-refractivity contribution is 7.89. The molecule has 0 atom stereocenters. The fourth-order valence-corrected chi connectivity index (χ4v) is 6.64. The van der Waals surface area contributed by atoms with Crippen molar-refractivity contribution in [3.8, 4) is 0 Å². The van der Waals surface area contributed by atoms with Crippen LogP contribution in [0, 0.1) is 5.92 Å². The molecule has 1 heterocycles. The molecule has 1 N–H and O–H groups in total. The molecule has 1 aromatic carbocycles. The monoisotopic (exact) mass is 444 g/mol. The number of rotatable bonds is 7. The lowest BCUT2D eigenvalue weighted by Crippen LogP contribution is -2.40. The minimum Gasteiger partial charge on any atom is -0.466 e. The quantitative estimate of drug-likeness (QED) is 0.643. The van der Waals surface area contributed by atoms with Gasteiger partial charge in [0.15, 0.2) is 0 Å². The number of ether oxygens (including phenoxy) is 1. The second-order valence-electron chi connectivity index (χ2n) is 7.50. The van der Waals surface area contributed by atoms with Crippen LogP contribution in [0.25, 0.3) is 0 Å². The number of hydrogen-bond donors (Lipinski definition) is 1. The Morgan fingerprint density at radius 1 is 1.00 bits per heavy atom. The smallest absolute Gasteiger partial charge is 0.309 e. The van der Waals surface area contributed by atoms with E-state index < -0.39 is 20.0 Å². The van der Waals surface area contributed by atoms with Gasteiger partial charge in [0, 0.05) is 19.1 Å². The third kappa shape index (κ3) is 5.17. The van der Waals surface area contributed by atoms with E-state index >= 15 is 0 Å². The van der Waals surface area contributed by atoms with E-state index in [4.69, 9.17) is 4.74 Å². The lowest BCUT2D eigenvalue weighted by atomic mass is 9.98.